The summed E-state index contributed by atoms with van der Waals surface area (Å²) < 4.78 is 80.8. The zero-order valence-corrected chi connectivity index (χ0v) is 12.6. The molecule has 120 valence electrons. The van der Waals surface area contributed by atoms with E-state index in [0.29, 0.717) is 6.61 Å². The molecule has 0 aromatic carbocycles. The Morgan fingerprint density at radius 1 is 1.10 bits per heavy atom. The van der Waals surface area contributed by atoms with Gasteiger partial charge in [-0.2, -0.15) is 26.3 Å². The lowest BCUT2D eigenvalue weighted by molar-refractivity contribution is -0.284. The van der Waals surface area contributed by atoms with Gasteiger partial charge in [0.25, 0.3) is 0 Å². The highest BCUT2D eigenvalue weighted by Gasteiger charge is 2.56. The van der Waals surface area contributed by atoms with Crippen molar-refractivity contribution in [2.45, 2.75) is 63.1 Å². The van der Waals surface area contributed by atoms with Crippen LogP contribution in [0.3, 0.4) is 0 Å². The number of rotatable bonds is 3. The molecule has 1 rings (SSSR count). The summed E-state index contributed by atoms with van der Waals surface area (Å²) in [4.78, 5) is 0. The van der Waals surface area contributed by atoms with Crippen molar-refractivity contribution < 1.29 is 30.8 Å². The molecule has 0 aliphatic carbocycles. The summed E-state index contributed by atoms with van der Waals surface area (Å²) in [7, 11) is -2.51. The van der Waals surface area contributed by atoms with Gasteiger partial charge in [-0.25, -0.2) is 0 Å². The maximum absolute atomic E-state index is 12.5. The van der Waals surface area contributed by atoms with Crippen molar-refractivity contribution in [3.63, 3.8) is 0 Å². The van der Waals surface area contributed by atoms with Crippen LogP contribution in [0.1, 0.15) is 32.6 Å². The minimum atomic E-state index is -5.24. The Hall–Kier alpha value is -0.243. The lowest BCUT2D eigenvalue weighted by Gasteiger charge is -2.33. The third-order valence-electron chi connectivity index (χ3n) is 4.23. The molecular formula is C12H20F6OSi. The Kier molecular flexibility index (Phi) is 5.57. The molecule has 1 aliphatic rings. The van der Waals surface area contributed by atoms with E-state index in [1.165, 1.54) is 0 Å². The fourth-order valence-electron chi connectivity index (χ4n) is 2.57. The summed E-state index contributed by atoms with van der Waals surface area (Å²) >= 11 is 0. The Morgan fingerprint density at radius 2 is 1.65 bits per heavy atom. The molecule has 0 N–H and O–H groups in total. The second-order valence-electron chi connectivity index (χ2n) is 5.73. The molecular weight excluding hydrogens is 302 g/mol. The molecule has 0 amide bonds. The van der Waals surface area contributed by atoms with Gasteiger partial charge in [0.05, 0.1) is 0 Å². The van der Waals surface area contributed by atoms with Gasteiger partial charge in [0.2, 0.25) is 0 Å². The molecule has 0 aromatic heterocycles. The molecule has 0 saturated carbocycles. The summed E-state index contributed by atoms with van der Waals surface area (Å²) in [5, 5.41) is 0. The van der Waals surface area contributed by atoms with E-state index in [4.69, 9.17) is 4.43 Å². The molecule has 2 unspecified atom stereocenters. The lowest BCUT2D eigenvalue weighted by atomic mass is 10.1. The van der Waals surface area contributed by atoms with Crippen molar-refractivity contribution in [3.05, 3.63) is 0 Å². The van der Waals surface area contributed by atoms with Gasteiger partial charge in [-0.15, -0.1) is 0 Å². The maximum atomic E-state index is 12.5. The molecule has 0 radical (unpaired) electrons. The number of hydrogen-bond donors (Lipinski definition) is 0. The van der Waals surface area contributed by atoms with Crippen LogP contribution in [0, 0.1) is 5.92 Å². The first kappa shape index (κ1) is 17.8. The van der Waals surface area contributed by atoms with E-state index >= 15 is 0 Å². The Labute approximate surface area is 115 Å². The zero-order chi connectivity index (χ0) is 15.6. The summed E-state index contributed by atoms with van der Waals surface area (Å²) in [6.07, 6.45) is -8.82. The number of alkyl halides is 6. The zero-order valence-electron chi connectivity index (χ0n) is 11.6. The van der Waals surface area contributed by atoms with E-state index in [1.807, 2.05) is 6.92 Å². The van der Waals surface area contributed by atoms with E-state index in [0.717, 1.165) is 19.3 Å². The molecule has 8 heteroatoms. The van der Waals surface area contributed by atoms with Crippen molar-refractivity contribution in [2.75, 3.05) is 6.61 Å². The third-order valence-corrected chi connectivity index (χ3v) is 8.74. The Morgan fingerprint density at radius 3 is 2.15 bits per heavy atom. The first-order valence-electron chi connectivity index (χ1n) is 6.74. The van der Waals surface area contributed by atoms with Gasteiger partial charge in [-0.05, 0) is 31.0 Å². The summed E-state index contributed by atoms with van der Waals surface area (Å²) in [6.45, 7) is 4.09. The quantitative estimate of drug-likeness (QED) is 0.507. The van der Waals surface area contributed by atoms with Crippen LogP contribution in [0.2, 0.25) is 18.1 Å². The van der Waals surface area contributed by atoms with Gasteiger partial charge in [-0.3, -0.25) is 0 Å². The molecule has 0 aromatic rings. The molecule has 0 bridgehead atoms. The predicted molar refractivity (Wildman–Crippen MR) is 65.9 cm³/mol. The lowest BCUT2D eigenvalue weighted by Crippen LogP contribution is -2.42. The van der Waals surface area contributed by atoms with E-state index < -0.39 is 33.0 Å². The monoisotopic (exact) mass is 322 g/mol. The number of halogens is 6. The Bertz CT molecular complexity index is 302. The molecule has 1 aliphatic heterocycles. The minimum Gasteiger partial charge on any atom is -0.417 e. The van der Waals surface area contributed by atoms with Crippen LogP contribution < -0.4 is 0 Å². The molecule has 0 spiro atoms. The SMILES string of the molecule is CC1CCCCO[Si]1(C)CCC(C(F)(F)F)C(F)(F)F. The average molecular weight is 322 g/mol. The van der Waals surface area contributed by atoms with Crippen LogP contribution in [0.15, 0.2) is 0 Å². The topological polar surface area (TPSA) is 9.23 Å². The van der Waals surface area contributed by atoms with Crippen LogP contribution in [-0.4, -0.2) is 27.3 Å². The van der Waals surface area contributed by atoms with E-state index in [-0.39, 0.29) is 11.6 Å². The van der Waals surface area contributed by atoms with Gasteiger partial charge in [0, 0.05) is 6.61 Å². The van der Waals surface area contributed by atoms with Crippen molar-refractivity contribution in [3.8, 4) is 0 Å². The molecule has 1 nitrogen and oxygen atoms in total. The average Bonchev–Trinajstić information content (AvgIpc) is 2.38. The van der Waals surface area contributed by atoms with E-state index in [9.17, 15) is 26.3 Å². The largest absolute Gasteiger partial charge is 0.417 e. The van der Waals surface area contributed by atoms with Crippen molar-refractivity contribution >= 4 is 8.32 Å². The summed E-state index contributed by atoms with van der Waals surface area (Å²) in [5.41, 5.74) is 0.0899. The van der Waals surface area contributed by atoms with Gasteiger partial charge < -0.3 is 4.43 Å². The van der Waals surface area contributed by atoms with E-state index in [2.05, 4.69) is 0 Å². The predicted octanol–water partition coefficient (Wildman–Crippen LogP) is 5.28. The fourth-order valence-corrected chi connectivity index (χ4v) is 5.78. The standard InChI is InChI=1S/C12H20F6OSi/c1-9-5-3-4-7-19-20(9,2)8-6-10(11(13,14)15)12(16,17)18/h9-10H,3-8H2,1-2H3. The highest BCUT2D eigenvalue weighted by atomic mass is 28.4. The van der Waals surface area contributed by atoms with Gasteiger partial charge >= 0.3 is 12.4 Å². The van der Waals surface area contributed by atoms with Gasteiger partial charge in [0.1, 0.15) is 5.92 Å². The van der Waals surface area contributed by atoms with Gasteiger partial charge in [0.15, 0.2) is 8.32 Å². The third kappa shape index (κ3) is 4.65. The maximum Gasteiger partial charge on any atom is 0.400 e. The molecule has 20 heavy (non-hydrogen) atoms. The highest BCUT2D eigenvalue weighted by Crippen LogP contribution is 2.45. The molecule has 1 saturated heterocycles. The normalized spacial score (nSPS) is 29.6. The summed E-state index contributed by atoms with van der Waals surface area (Å²) in [6, 6.07) is -0.0994. The summed E-state index contributed by atoms with van der Waals surface area (Å²) in [5.74, 6) is -3.24. The van der Waals surface area contributed by atoms with Crippen LogP contribution in [-0.2, 0) is 4.43 Å². The second kappa shape index (κ2) is 6.25. The molecule has 2 atom stereocenters. The van der Waals surface area contributed by atoms with Crippen LogP contribution in [0.25, 0.3) is 0 Å². The van der Waals surface area contributed by atoms with Crippen molar-refractivity contribution in [2.24, 2.45) is 5.92 Å². The molecule has 1 heterocycles. The molecule has 1 fully saturated rings. The fraction of sp³-hybridized carbons (Fsp3) is 1.00. The second-order valence-corrected chi connectivity index (χ2v) is 10.1. The minimum absolute atomic E-state index is 0.0899. The van der Waals surface area contributed by atoms with Gasteiger partial charge in [-0.1, -0.05) is 19.8 Å². The first-order chi connectivity index (χ1) is 8.97. The number of hydrogen-bond acceptors (Lipinski definition) is 1. The van der Waals surface area contributed by atoms with Crippen LogP contribution in [0.4, 0.5) is 26.3 Å². The first-order valence-corrected chi connectivity index (χ1v) is 9.43. The van der Waals surface area contributed by atoms with E-state index in [1.54, 1.807) is 6.55 Å². The highest BCUT2D eigenvalue weighted by molar-refractivity contribution is 6.73. The van der Waals surface area contributed by atoms with Crippen LogP contribution >= 0.6 is 0 Å². The van der Waals surface area contributed by atoms with Crippen LogP contribution in [0.5, 0.6) is 0 Å². The smallest absolute Gasteiger partial charge is 0.400 e. The van der Waals surface area contributed by atoms with Crippen molar-refractivity contribution in [1.82, 2.24) is 0 Å². The van der Waals surface area contributed by atoms with Crippen molar-refractivity contribution in [1.29, 1.82) is 0 Å². The Balaban J connectivity index is 2.75.